The Balaban J connectivity index is 2.98. The van der Waals surface area contributed by atoms with E-state index in [1.54, 1.807) is 0 Å². The van der Waals surface area contributed by atoms with Gasteiger partial charge in [0.15, 0.2) is 0 Å². The predicted octanol–water partition coefficient (Wildman–Crippen LogP) is 2.71. The summed E-state index contributed by atoms with van der Waals surface area (Å²) in [7, 11) is 0. The highest BCUT2D eigenvalue weighted by Gasteiger charge is 2.15. The minimum Gasteiger partial charge on any atom is -0.384 e. The van der Waals surface area contributed by atoms with Crippen molar-refractivity contribution in [3.63, 3.8) is 0 Å². The smallest absolute Gasteiger partial charge is 0.227 e. The zero-order chi connectivity index (χ0) is 14.3. The van der Waals surface area contributed by atoms with Crippen molar-refractivity contribution >= 4 is 11.6 Å². The lowest BCUT2D eigenvalue weighted by molar-refractivity contribution is -0.120. The Hall–Kier alpha value is -1.79. The van der Waals surface area contributed by atoms with Crippen LogP contribution < -0.4 is 5.32 Å². The lowest BCUT2D eigenvalue weighted by atomic mass is 10.0. The molecule has 102 valence electrons. The van der Waals surface area contributed by atoms with E-state index in [1.165, 1.54) is 0 Å². The maximum atomic E-state index is 12.1. The molecule has 0 unspecified atom stereocenters. The Morgan fingerprint density at radius 1 is 1.37 bits per heavy atom. The summed E-state index contributed by atoms with van der Waals surface area (Å²) in [5.41, 5.74) is 2.52. The molecular formula is C16H21NO2. The van der Waals surface area contributed by atoms with Crippen LogP contribution in [-0.2, 0) is 4.79 Å². The number of aryl methyl sites for hydroxylation is 1. The third kappa shape index (κ3) is 4.42. The molecule has 19 heavy (non-hydrogen) atoms. The van der Waals surface area contributed by atoms with Crippen molar-refractivity contribution in [3.05, 3.63) is 29.3 Å². The maximum absolute atomic E-state index is 12.1. The molecule has 0 aromatic heterocycles. The van der Waals surface area contributed by atoms with Gasteiger partial charge in [-0.1, -0.05) is 31.8 Å². The molecule has 1 aromatic rings. The molecule has 0 aliphatic carbocycles. The van der Waals surface area contributed by atoms with E-state index in [9.17, 15) is 4.79 Å². The molecule has 0 radical (unpaired) electrons. The molecule has 0 bridgehead atoms. The zero-order valence-corrected chi connectivity index (χ0v) is 11.8. The summed E-state index contributed by atoms with van der Waals surface area (Å²) < 4.78 is 0. The molecule has 3 nitrogen and oxygen atoms in total. The van der Waals surface area contributed by atoms with Crippen LogP contribution in [-0.4, -0.2) is 17.6 Å². The van der Waals surface area contributed by atoms with Crippen molar-refractivity contribution < 1.29 is 9.90 Å². The summed E-state index contributed by atoms with van der Waals surface area (Å²) in [6.45, 7) is 5.80. The molecule has 0 saturated carbocycles. The van der Waals surface area contributed by atoms with Gasteiger partial charge in [0.25, 0.3) is 0 Å². The lowest BCUT2D eigenvalue weighted by Gasteiger charge is -2.14. The summed E-state index contributed by atoms with van der Waals surface area (Å²) in [5, 5.41) is 11.7. The Kier molecular flexibility index (Phi) is 6.11. The fourth-order valence-electron chi connectivity index (χ4n) is 1.90. The standard InChI is InChI=1S/C16H21NO2/c1-4-13(5-2)16(19)17-15-11-12(3)8-9-14(15)7-6-10-18/h8-9,11,13,18H,4-5,10H2,1-3H3,(H,17,19). The van der Waals surface area contributed by atoms with Crippen molar-refractivity contribution in [1.29, 1.82) is 0 Å². The highest BCUT2D eigenvalue weighted by molar-refractivity contribution is 5.93. The second-order valence-corrected chi connectivity index (χ2v) is 4.51. The predicted molar refractivity (Wildman–Crippen MR) is 77.8 cm³/mol. The summed E-state index contributed by atoms with van der Waals surface area (Å²) in [6, 6.07) is 5.70. The van der Waals surface area contributed by atoms with E-state index in [1.807, 2.05) is 39.0 Å². The van der Waals surface area contributed by atoms with Crippen LogP contribution in [0.15, 0.2) is 18.2 Å². The first kappa shape index (κ1) is 15.3. The normalized spacial score (nSPS) is 9.95. The van der Waals surface area contributed by atoms with Gasteiger partial charge >= 0.3 is 0 Å². The highest BCUT2D eigenvalue weighted by Crippen LogP contribution is 2.19. The first-order chi connectivity index (χ1) is 9.12. The van der Waals surface area contributed by atoms with Crippen molar-refractivity contribution in [2.45, 2.75) is 33.6 Å². The minimum atomic E-state index is -0.187. The molecule has 0 fully saturated rings. The monoisotopic (exact) mass is 259 g/mol. The van der Waals surface area contributed by atoms with Gasteiger partial charge in [0.05, 0.1) is 5.69 Å². The molecule has 2 N–H and O–H groups in total. The number of aliphatic hydroxyl groups excluding tert-OH is 1. The second-order valence-electron chi connectivity index (χ2n) is 4.51. The van der Waals surface area contributed by atoms with E-state index in [-0.39, 0.29) is 18.4 Å². The highest BCUT2D eigenvalue weighted by atomic mass is 16.2. The molecule has 1 rings (SSSR count). The van der Waals surface area contributed by atoms with Gasteiger partial charge in [0.2, 0.25) is 5.91 Å². The second kappa shape index (κ2) is 7.60. The van der Waals surface area contributed by atoms with Crippen molar-refractivity contribution in [3.8, 4) is 11.8 Å². The third-order valence-electron chi connectivity index (χ3n) is 3.09. The maximum Gasteiger partial charge on any atom is 0.227 e. The molecule has 1 amide bonds. The molecular weight excluding hydrogens is 238 g/mol. The van der Waals surface area contributed by atoms with E-state index in [0.717, 1.165) is 29.7 Å². The first-order valence-electron chi connectivity index (χ1n) is 6.63. The Morgan fingerprint density at radius 2 is 2.05 bits per heavy atom. The van der Waals surface area contributed by atoms with Crippen LogP contribution in [0.1, 0.15) is 37.8 Å². The van der Waals surface area contributed by atoms with E-state index in [4.69, 9.17) is 5.11 Å². The number of amides is 1. The van der Waals surface area contributed by atoms with Crippen molar-refractivity contribution in [2.24, 2.45) is 5.92 Å². The van der Waals surface area contributed by atoms with E-state index in [2.05, 4.69) is 17.2 Å². The Bertz CT molecular complexity index is 493. The van der Waals surface area contributed by atoms with Gasteiger partial charge in [-0.15, -0.1) is 0 Å². The van der Waals surface area contributed by atoms with Crippen molar-refractivity contribution in [1.82, 2.24) is 0 Å². The molecule has 1 aromatic carbocycles. The van der Waals surface area contributed by atoms with Gasteiger partial charge in [-0.3, -0.25) is 4.79 Å². The largest absolute Gasteiger partial charge is 0.384 e. The van der Waals surface area contributed by atoms with Crippen LogP contribution in [0.4, 0.5) is 5.69 Å². The van der Waals surface area contributed by atoms with Gasteiger partial charge in [-0.2, -0.15) is 0 Å². The fourth-order valence-corrected chi connectivity index (χ4v) is 1.90. The molecule has 0 aliphatic rings. The number of carbonyl (C=O) groups excluding carboxylic acids is 1. The topological polar surface area (TPSA) is 49.3 Å². The SMILES string of the molecule is CCC(CC)C(=O)Nc1cc(C)ccc1C#CCO. The number of anilines is 1. The summed E-state index contributed by atoms with van der Waals surface area (Å²) in [5.74, 6) is 5.52. The summed E-state index contributed by atoms with van der Waals surface area (Å²) in [6.07, 6.45) is 1.65. The molecule has 0 atom stereocenters. The van der Waals surface area contributed by atoms with Crippen LogP contribution in [0.2, 0.25) is 0 Å². The number of rotatable bonds is 4. The molecule has 0 heterocycles. The number of nitrogens with one attached hydrogen (secondary N) is 1. The Morgan fingerprint density at radius 3 is 2.63 bits per heavy atom. The van der Waals surface area contributed by atoms with Gasteiger partial charge < -0.3 is 10.4 Å². The van der Waals surface area contributed by atoms with E-state index < -0.39 is 0 Å². The number of hydrogen-bond acceptors (Lipinski definition) is 2. The average Bonchev–Trinajstić information content (AvgIpc) is 2.39. The molecule has 0 aliphatic heterocycles. The van der Waals surface area contributed by atoms with Crippen LogP contribution in [0.3, 0.4) is 0 Å². The van der Waals surface area contributed by atoms with Crippen LogP contribution in [0.25, 0.3) is 0 Å². The third-order valence-corrected chi connectivity index (χ3v) is 3.09. The van der Waals surface area contributed by atoms with Gasteiger partial charge in [0, 0.05) is 11.5 Å². The minimum absolute atomic E-state index is 0.0270. The summed E-state index contributed by atoms with van der Waals surface area (Å²) >= 11 is 0. The van der Waals surface area contributed by atoms with E-state index in [0.29, 0.717) is 0 Å². The van der Waals surface area contributed by atoms with Crippen LogP contribution in [0, 0.1) is 24.7 Å². The quantitative estimate of drug-likeness (QED) is 0.817. The number of hydrogen-bond donors (Lipinski definition) is 2. The lowest BCUT2D eigenvalue weighted by Crippen LogP contribution is -2.22. The molecule has 3 heteroatoms. The number of aliphatic hydroxyl groups is 1. The Labute approximate surface area is 115 Å². The van der Waals surface area contributed by atoms with Crippen LogP contribution in [0.5, 0.6) is 0 Å². The van der Waals surface area contributed by atoms with Crippen molar-refractivity contribution in [2.75, 3.05) is 11.9 Å². The summed E-state index contributed by atoms with van der Waals surface area (Å²) in [4.78, 5) is 12.1. The molecule has 0 spiro atoms. The van der Waals surface area contributed by atoms with Gasteiger partial charge in [0.1, 0.15) is 6.61 Å². The number of carbonyl (C=O) groups is 1. The fraction of sp³-hybridized carbons (Fsp3) is 0.438. The van der Waals surface area contributed by atoms with Gasteiger partial charge in [-0.25, -0.2) is 0 Å². The average molecular weight is 259 g/mol. The molecule has 0 saturated heterocycles. The first-order valence-corrected chi connectivity index (χ1v) is 6.63. The zero-order valence-electron chi connectivity index (χ0n) is 11.8. The van der Waals surface area contributed by atoms with E-state index >= 15 is 0 Å². The van der Waals surface area contributed by atoms with Crippen LogP contribution >= 0.6 is 0 Å². The van der Waals surface area contributed by atoms with Gasteiger partial charge in [-0.05, 0) is 37.5 Å². The number of benzene rings is 1.